The molecule has 0 amide bonds. The molecule has 1 rings (SSSR count). The van der Waals surface area contributed by atoms with Gasteiger partial charge in [0.2, 0.25) is 0 Å². The van der Waals surface area contributed by atoms with Crippen LogP contribution in [-0.4, -0.2) is 58.1 Å². The van der Waals surface area contributed by atoms with Crippen LogP contribution in [0.4, 0.5) is 0 Å². The van der Waals surface area contributed by atoms with Crippen molar-refractivity contribution >= 4 is 9.84 Å². The Labute approximate surface area is 93.0 Å². The van der Waals surface area contributed by atoms with Crippen molar-refractivity contribution in [3.05, 3.63) is 0 Å². The lowest BCUT2D eigenvalue weighted by Gasteiger charge is -2.23. The third-order valence-corrected chi connectivity index (χ3v) is 4.50. The van der Waals surface area contributed by atoms with Gasteiger partial charge in [-0.1, -0.05) is 0 Å². The van der Waals surface area contributed by atoms with Gasteiger partial charge in [-0.25, -0.2) is 8.42 Å². The molecule has 15 heavy (non-hydrogen) atoms. The summed E-state index contributed by atoms with van der Waals surface area (Å²) in [6.07, 6.45) is 2.89. The molecule has 0 radical (unpaired) electrons. The van der Waals surface area contributed by atoms with Gasteiger partial charge in [0.25, 0.3) is 0 Å². The minimum Gasteiger partial charge on any atom is -0.313 e. The summed E-state index contributed by atoms with van der Waals surface area (Å²) in [5.74, 6) is 0.706. The van der Waals surface area contributed by atoms with E-state index < -0.39 is 9.84 Å². The maximum absolute atomic E-state index is 11.4. The van der Waals surface area contributed by atoms with Crippen molar-refractivity contribution in [3.63, 3.8) is 0 Å². The largest absolute Gasteiger partial charge is 0.313 e. The fraction of sp³-hybridized carbons (Fsp3) is 1.00. The van der Waals surface area contributed by atoms with Crippen molar-refractivity contribution in [2.75, 3.05) is 38.7 Å². The van der Waals surface area contributed by atoms with Crippen molar-refractivity contribution in [2.24, 2.45) is 0 Å². The van der Waals surface area contributed by atoms with E-state index in [0.717, 1.165) is 32.4 Å². The summed E-state index contributed by atoms with van der Waals surface area (Å²) in [6, 6.07) is 0.186. The third kappa shape index (κ3) is 5.49. The number of rotatable bonds is 5. The first-order valence-corrected chi connectivity index (χ1v) is 7.40. The molecule has 1 aliphatic heterocycles. The van der Waals surface area contributed by atoms with Gasteiger partial charge in [0.15, 0.2) is 9.84 Å². The minimum absolute atomic E-state index is 0.186. The first-order valence-electron chi connectivity index (χ1n) is 5.58. The molecular formula is C10H22N2O2S. The highest BCUT2D eigenvalue weighted by atomic mass is 32.2. The average molecular weight is 234 g/mol. The molecule has 1 saturated heterocycles. The van der Waals surface area contributed by atoms with Crippen LogP contribution in [0.1, 0.15) is 19.3 Å². The number of nitrogens with one attached hydrogen (secondary N) is 1. The quantitative estimate of drug-likeness (QED) is 0.686. The summed E-state index contributed by atoms with van der Waals surface area (Å²) < 4.78 is 22.7. The molecule has 5 heteroatoms. The summed E-state index contributed by atoms with van der Waals surface area (Å²) in [4.78, 5) is 2.14. The predicted molar refractivity (Wildman–Crippen MR) is 62.8 cm³/mol. The maximum Gasteiger partial charge on any atom is 0.151 e. The molecular weight excluding hydrogens is 212 g/mol. The molecule has 0 aliphatic carbocycles. The van der Waals surface area contributed by atoms with Crippen LogP contribution in [0.25, 0.3) is 0 Å². The molecule has 0 spiro atoms. The number of sulfone groups is 1. The highest BCUT2D eigenvalue weighted by Crippen LogP contribution is 2.11. The van der Waals surface area contributed by atoms with E-state index in [4.69, 9.17) is 0 Å². The SMILES string of the molecule is CN(C)CCCNC1CCCS(=O)(=O)C1. The van der Waals surface area contributed by atoms with E-state index in [0.29, 0.717) is 11.5 Å². The number of hydrogen-bond donors (Lipinski definition) is 1. The second kappa shape index (κ2) is 5.82. The molecule has 0 aromatic heterocycles. The summed E-state index contributed by atoms with van der Waals surface area (Å²) in [5, 5.41) is 3.33. The minimum atomic E-state index is -2.76. The molecule has 0 aromatic carbocycles. The van der Waals surface area contributed by atoms with Gasteiger partial charge in [-0.3, -0.25) is 0 Å². The average Bonchev–Trinajstić information content (AvgIpc) is 2.10. The van der Waals surface area contributed by atoms with Crippen LogP contribution in [0.15, 0.2) is 0 Å². The van der Waals surface area contributed by atoms with E-state index in [2.05, 4.69) is 10.2 Å². The van der Waals surface area contributed by atoms with Crippen LogP contribution < -0.4 is 5.32 Å². The van der Waals surface area contributed by atoms with Crippen LogP contribution in [0, 0.1) is 0 Å². The van der Waals surface area contributed by atoms with E-state index in [1.165, 1.54) is 0 Å². The second-order valence-electron chi connectivity index (χ2n) is 4.56. The summed E-state index contributed by atoms with van der Waals surface area (Å²) in [5.41, 5.74) is 0. The van der Waals surface area contributed by atoms with Gasteiger partial charge in [-0.2, -0.15) is 0 Å². The van der Waals surface area contributed by atoms with Gasteiger partial charge < -0.3 is 10.2 Å². The van der Waals surface area contributed by atoms with Crippen LogP contribution >= 0.6 is 0 Å². The summed E-state index contributed by atoms with van der Waals surface area (Å²) in [6.45, 7) is 1.96. The topological polar surface area (TPSA) is 49.4 Å². The van der Waals surface area contributed by atoms with E-state index in [1.54, 1.807) is 0 Å². The smallest absolute Gasteiger partial charge is 0.151 e. The molecule has 1 aliphatic rings. The highest BCUT2D eigenvalue weighted by molar-refractivity contribution is 7.91. The lowest BCUT2D eigenvalue weighted by atomic mass is 10.2. The second-order valence-corrected chi connectivity index (χ2v) is 6.79. The predicted octanol–water partition coefficient (Wildman–Crippen LogP) is 0.105. The number of nitrogens with zero attached hydrogens (tertiary/aromatic N) is 1. The van der Waals surface area contributed by atoms with E-state index in [9.17, 15) is 8.42 Å². The Bertz CT molecular complexity index is 275. The van der Waals surface area contributed by atoms with Crippen molar-refractivity contribution in [3.8, 4) is 0 Å². The van der Waals surface area contributed by atoms with Crippen LogP contribution in [0.5, 0.6) is 0 Å². The fourth-order valence-corrected chi connectivity index (χ4v) is 3.56. The van der Waals surface area contributed by atoms with E-state index >= 15 is 0 Å². The summed E-state index contributed by atoms with van der Waals surface area (Å²) >= 11 is 0. The normalized spacial score (nSPS) is 25.7. The lowest BCUT2D eigenvalue weighted by Crippen LogP contribution is -2.41. The van der Waals surface area contributed by atoms with E-state index in [-0.39, 0.29) is 6.04 Å². The van der Waals surface area contributed by atoms with Gasteiger partial charge in [0.1, 0.15) is 0 Å². The molecule has 90 valence electrons. The maximum atomic E-state index is 11.4. The standard InChI is InChI=1S/C10H22N2O2S/c1-12(2)7-4-6-11-10-5-3-8-15(13,14)9-10/h10-11H,3-9H2,1-2H3. The molecule has 0 aromatic rings. The van der Waals surface area contributed by atoms with Crippen molar-refractivity contribution in [1.82, 2.24) is 10.2 Å². The molecule has 1 N–H and O–H groups in total. The zero-order valence-electron chi connectivity index (χ0n) is 9.70. The zero-order valence-corrected chi connectivity index (χ0v) is 10.5. The van der Waals surface area contributed by atoms with Crippen molar-refractivity contribution < 1.29 is 8.42 Å². The zero-order chi connectivity index (χ0) is 11.3. The van der Waals surface area contributed by atoms with Gasteiger partial charge in [0, 0.05) is 6.04 Å². The monoisotopic (exact) mass is 234 g/mol. The lowest BCUT2D eigenvalue weighted by molar-refractivity contribution is 0.384. The molecule has 4 nitrogen and oxygen atoms in total. The Morgan fingerprint density at radius 1 is 1.40 bits per heavy atom. The first kappa shape index (κ1) is 12.9. The van der Waals surface area contributed by atoms with Crippen molar-refractivity contribution in [1.29, 1.82) is 0 Å². The molecule has 0 saturated carbocycles. The van der Waals surface area contributed by atoms with Crippen LogP contribution in [0.3, 0.4) is 0 Å². The Hall–Kier alpha value is -0.130. The summed E-state index contributed by atoms with van der Waals surface area (Å²) in [7, 11) is 1.34. The van der Waals surface area contributed by atoms with Crippen LogP contribution in [-0.2, 0) is 9.84 Å². The van der Waals surface area contributed by atoms with Crippen molar-refractivity contribution in [2.45, 2.75) is 25.3 Å². The van der Waals surface area contributed by atoms with Gasteiger partial charge in [-0.15, -0.1) is 0 Å². The molecule has 1 fully saturated rings. The Morgan fingerprint density at radius 2 is 2.13 bits per heavy atom. The Morgan fingerprint density at radius 3 is 2.73 bits per heavy atom. The fourth-order valence-electron chi connectivity index (χ4n) is 1.89. The number of hydrogen-bond acceptors (Lipinski definition) is 4. The van der Waals surface area contributed by atoms with Gasteiger partial charge in [0.05, 0.1) is 11.5 Å². The Kier molecular flexibility index (Phi) is 5.02. The molecule has 1 heterocycles. The van der Waals surface area contributed by atoms with Gasteiger partial charge >= 0.3 is 0 Å². The van der Waals surface area contributed by atoms with Gasteiger partial charge in [-0.05, 0) is 46.4 Å². The van der Waals surface area contributed by atoms with E-state index in [1.807, 2.05) is 14.1 Å². The third-order valence-electron chi connectivity index (χ3n) is 2.68. The molecule has 1 unspecified atom stereocenters. The van der Waals surface area contributed by atoms with Crippen LogP contribution in [0.2, 0.25) is 0 Å². The first-order chi connectivity index (χ1) is 6.99. The Balaban J connectivity index is 2.16. The molecule has 0 bridgehead atoms. The molecule has 1 atom stereocenters. The highest BCUT2D eigenvalue weighted by Gasteiger charge is 2.23.